The Morgan fingerprint density at radius 1 is 0.922 bits per heavy atom. The Kier molecular flexibility index (Phi) is 8.69. The number of aromatic nitrogens is 2. The Morgan fingerprint density at radius 3 is 2.57 bits per heavy atom. The zero-order valence-electron chi connectivity index (χ0n) is 28.9. The van der Waals surface area contributed by atoms with Gasteiger partial charge in [0.05, 0.1) is 11.0 Å². The molecule has 0 aliphatic heterocycles. The van der Waals surface area contributed by atoms with Crippen LogP contribution in [0.1, 0.15) is 29.7 Å². The highest BCUT2D eigenvalue weighted by Crippen LogP contribution is 2.38. The van der Waals surface area contributed by atoms with Crippen molar-refractivity contribution in [1.29, 1.82) is 0 Å². The van der Waals surface area contributed by atoms with E-state index < -0.39 is 0 Å². The molecule has 0 amide bonds. The zero-order valence-corrected chi connectivity index (χ0v) is 29.7. The number of benzene rings is 4. The number of hydrogen-bond acceptors (Lipinski definition) is 3. The Labute approximate surface area is 302 Å². The third-order valence-corrected chi connectivity index (χ3v) is 10.9. The highest BCUT2D eigenvalue weighted by molar-refractivity contribution is 7.19. The van der Waals surface area contributed by atoms with Crippen LogP contribution in [0.3, 0.4) is 0 Å². The van der Waals surface area contributed by atoms with Crippen LogP contribution in [-0.2, 0) is 6.42 Å². The first-order valence-corrected chi connectivity index (χ1v) is 18.2. The van der Waals surface area contributed by atoms with Gasteiger partial charge >= 0.3 is 0 Å². The van der Waals surface area contributed by atoms with Crippen molar-refractivity contribution in [2.24, 2.45) is 0 Å². The van der Waals surface area contributed by atoms with Crippen molar-refractivity contribution in [3.8, 4) is 11.1 Å². The second-order valence-corrected chi connectivity index (χ2v) is 13.9. The molecule has 51 heavy (non-hydrogen) atoms. The number of oxazole rings is 1. The van der Waals surface area contributed by atoms with Gasteiger partial charge in [-0.25, -0.2) is 4.98 Å². The van der Waals surface area contributed by atoms with Gasteiger partial charge in [0.1, 0.15) is 5.52 Å². The maximum absolute atomic E-state index is 6.41. The van der Waals surface area contributed by atoms with Gasteiger partial charge in [-0.2, -0.15) is 0 Å². The molecular weight excluding hydrogens is 641 g/mol. The maximum Gasteiger partial charge on any atom is 0.227 e. The number of fused-ring (bicyclic) bond motifs is 5. The summed E-state index contributed by atoms with van der Waals surface area (Å²) in [7, 11) is 0. The third kappa shape index (κ3) is 6.09. The molecule has 0 radical (unpaired) electrons. The number of hydrogen-bond donors (Lipinski definition) is 0. The smallest absolute Gasteiger partial charge is 0.227 e. The molecule has 0 spiro atoms. The molecule has 4 aromatic carbocycles. The third-order valence-electron chi connectivity index (χ3n) is 9.62. The van der Waals surface area contributed by atoms with Crippen LogP contribution < -0.4 is 0 Å². The van der Waals surface area contributed by atoms with Crippen LogP contribution in [0.4, 0.5) is 0 Å². The highest BCUT2D eigenvalue weighted by atomic mass is 32.1. The molecule has 1 aliphatic rings. The number of allylic oxidation sites excluding steroid dienone is 14. The molecule has 4 heteroatoms. The van der Waals surface area contributed by atoms with Crippen LogP contribution in [0, 0.1) is 6.92 Å². The van der Waals surface area contributed by atoms with Gasteiger partial charge < -0.3 is 8.98 Å². The van der Waals surface area contributed by atoms with E-state index in [1.165, 1.54) is 26.1 Å². The second kappa shape index (κ2) is 13.7. The topological polar surface area (TPSA) is 31.0 Å². The van der Waals surface area contributed by atoms with Gasteiger partial charge in [-0.05, 0) is 96.0 Å². The standard InChI is InChI=1S/C47H38N2OS/c1-5-33(31(3)17-16-24-45-32(4)38-22-14-15-23-46(38)51-45)27-37(6-2)49-42-26-25-36(34-18-12-9-13-19-34)28-39(42)40-29-44-41(30-43(40)49)48-47(50-44)35-20-10-7-8-11-21-35/h5-7,9-23,25-30H,1,3,8,24H2,2,4H3/b17-16?,33-27+,37-6+. The summed E-state index contributed by atoms with van der Waals surface area (Å²) in [4.78, 5) is 6.35. The lowest BCUT2D eigenvalue weighted by atomic mass is 10.0. The molecule has 0 atom stereocenters. The van der Waals surface area contributed by atoms with Gasteiger partial charge in [-0.3, -0.25) is 0 Å². The summed E-state index contributed by atoms with van der Waals surface area (Å²) in [6, 6.07) is 30.2. The molecule has 7 aromatic rings. The van der Waals surface area contributed by atoms with Crippen LogP contribution in [-0.4, -0.2) is 9.55 Å². The van der Waals surface area contributed by atoms with E-state index in [0.717, 1.165) is 73.7 Å². The Bertz CT molecular complexity index is 2680. The minimum absolute atomic E-state index is 0.621. The van der Waals surface area contributed by atoms with Crippen LogP contribution in [0.15, 0.2) is 174 Å². The van der Waals surface area contributed by atoms with E-state index in [4.69, 9.17) is 9.40 Å². The van der Waals surface area contributed by atoms with Gasteiger partial charge in [-0.15, -0.1) is 11.3 Å². The quantitative estimate of drug-likeness (QED) is 0.142. The number of aryl methyl sites for hydroxylation is 1. The normalized spacial score (nSPS) is 14.0. The van der Waals surface area contributed by atoms with Crippen LogP contribution in [0.2, 0.25) is 0 Å². The van der Waals surface area contributed by atoms with Gasteiger partial charge in [0.15, 0.2) is 5.58 Å². The Balaban J connectivity index is 1.22. The fourth-order valence-electron chi connectivity index (χ4n) is 6.92. The van der Waals surface area contributed by atoms with E-state index in [1.807, 2.05) is 17.4 Å². The lowest BCUT2D eigenvalue weighted by molar-refractivity contribution is 0.586. The van der Waals surface area contributed by atoms with Crippen LogP contribution in [0.25, 0.3) is 65.4 Å². The number of nitrogens with zero attached hydrogens (tertiary/aromatic N) is 2. The van der Waals surface area contributed by atoms with Gasteiger partial charge in [0.2, 0.25) is 5.89 Å². The molecule has 0 saturated carbocycles. The van der Waals surface area contributed by atoms with E-state index in [9.17, 15) is 0 Å². The fourth-order valence-corrected chi connectivity index (χ4v) is 8.10. The van der Waals surface area contributed by atoms with Gasteiger partial charge in [-0.1, -0.05) is 116 Å². The summed E-state index contributed by atoms with van der Waals surface area (Å²) in [6.45, 7) is 12.9. The highest BCUT2D eigenvalue weighted by Gasteiger charge is 2.18. The zero-order chi connectivity index (χ0) is 34.9. The van der Waals surface area contributed by atoms with Crippen molar-refractivity contribution in [3.05, 3.63) is 186 Å². The van der Waals surface area contributed by atoms with Crippen molar-refractivity contribution in [2.75, 3.05) is 0 Å². The summed E-state index contributed by atoms with van der Waals surface area (Å²) in [6.07, 6.45) is 22.8. The molecular formula is C47H38N2OS. The average Bonchev–Trinajstić information content (AvgIpc) is 3.73. The van der Waals surface area contributed by atoms with Crippen molar-refractivity contribution < 1.29 is 4.42 Å². The van der Waals surface area contributed by atoms with E-state index in [-0.39, 0.29) is 0 Å². The molecule has 0 bridgehead atoms. The minimum Gasteiger partial charge on any atom is -0.436 e. The maximum atomic E-state index is 6.41. The van der Waals surface area contributed by atoms with E-state index in [1.54, 1.807) is 0 Å². The molecule has 0 unspecified atom stereocenters. The molecule has 0 fully saturated rings. The minimum atomic E-state index is 0.621. The molecule has 248 valence electrons. The molecule has 8 rings (SSSR count). The Morgan fingerprint density at radius 2 is 1.75 bits per heavy atom. The first-order valence-electron chi connectivity index (χ1n) is 17.3. The first kappa shape index (κ1) is 32.2. The Hall–Kier alpha value is -5.97. The lowest BCUT2D eigenvalue weighted by Crippen LogP contribution is -1.96. The second-order valence-electron chi connectivity index (χ2n) is 12.8. The predicted molar refractivity (Wildman–Crippen MR) is 220 cm³/mol. The summed E-state index contributed by atoms with van der Waals surface area (Å²) in [5.41, 5.74) is 11.3. The number of rotatable bonds is 9. The summed E-state index contributed by atoms with van der Waals surface area (Å²) < 4.78 is 10.1. The van der Waals surface area contributed by atoms with Crippen molar-refractivity contribution in [3.63, 3.8) is 0 Å². The SMILES string of the molecule is C=C/C(=C\C(=C/C)n1c2ccc(-c3ccccc3)cc2c2cc3oc(C4=CC=CCC=C4)nc3cc21)C(=C)C=CCc1sc2ccccc2c1C. The summed E-state index contributed by atoms with van der Waals surface area (Å²) in [5.74, 6) is 0.621. The van der Waals surface area contributed by atoms with Crippen molar-refractivity contribution in [1.82, 2.24) is 9.55 Å². The van der Waals surface area contributed by atoms with E-state index in [2.05, 4.69) is 171 Å². The van der Waals surface area contributed by atoms with Crippen molar-refractivity contribution >= 4 is 65.6 Å². The fraction of sp³-hybridized carbons (Fsp3) is 0.0851. The molecule has 0 N–H and O–H groups in total. The van der Waals surface area contributed by atoms with Gasteiger partial charge in [0.25, 0.3) is 0 Å². The average molecular weight is 679 g/mol. The predicted octanol–water partition coefficient (Wildman–Crippen LogP) is 13.4. The van der Waals surface area contributed by atoms with E-state index in [0.29, 0.717) is 5.89 Å². The first-order chi connectivity index (χ1) is 25.0. The number of thiophene rings is 1. The molecule has 3 heterocycles. The van der Waals surface area contributed by atoms with Crippen LogP contribution >= 0.6 is 11.3 Å². The van der Waals surface area contributed by atoms with Crippen molar-refractivity contribution in [2.45, 2.75) is 26.7 Å². The molecule has 1 aliphatic carbocycles. The summed E-state index contributed by atoms with van der Waals surface area (Å²) >= 11 is 1.87. The largest absolute Gasteiger partial charge is 0.436 e. The van der Waals surface area contributed by atoms with E-state index >= 15 is 0 Å². The molecule has 3 nitrogen and oxygen atoms in total. The van der Waals surface area contributed by atoms with Gasteiger partial charge in [0, 0.05) is 38.0 Å². The monoisotopic (exact) mass is 678 g/mol. The lowest BCUT2D eigenvalue weighted by Gasteiger charge is -2.11. The summed E-state index contributed by atoms with van der Waals surface area (Å²) in [5, 5.41) is 3.59. The van der Waals surface area contributed by atoms with Crippen LogP contribution in [0.5, 0.6) is 0 Å². The molecule has 0 saturated heterocycles. The molecule has 3 aromatic heterocycles.